The summed E-state index contributed by atoms with van der Waals surface area (Å²) in [4.78, 5) is 26.3. The molecule has 1 aromatic rings. The lowest BCUT2D eigenvalue weighted by molar-refractivity contribution is -0.163. The van der Waals surface area contributed by atoms with Crippen LogP contribution in [0.2, 0.25) is 0 Å². The van der Waals surface area contributed by atoms with Crippen molar-refractivity contribution >= 4 is 17.5 Å². The Morgan fingerprint density at radius 1 is 1.22 bits per heavy atom. The molecule has 1 unspecified atom stereocenters. The lowest BCUT2D eigenvalue weighted by Gasteiger charge is -2.26. The van der Waals surface area contributed by atoms with Crippen LogP contribution in [0.15, 0.2) is 24.3 Å². The van der Waals surface area contributed by atoms with Crippen molar-refractivity contribution in [3.8, 4) is 0 Å². The third-order valence-electron chi connectivity index (χ3n) is 4.13. The van der Waals surface area contributed by atoms with Crippen LogP contribution in [0.5, 0.6) is 0 Å². The van der Waals surface area contributed by atoms with E-state index < -0.39 is 42.2 Å². The van der Waals surface area contributed by atoms with E-state index in [0.29, 0.717) is 11.3 Å². The molecular weight excluding hydrogens is 378 g/mol. The summed E-state index contributed by atoms with van der Waals surface area (Å²) >= 11 is 0. The Balaban J connectivity index is 2.18. The van der Waals surface area contributed by atoms with Gasteiger partial charge in [0.15, 0.2) is 0 Å². The quantitative estimate of drug-likeness (QED) is 0.710. The molecule has 2 amide bonds. The standard InChI is InChI=1S/C17H18F6N2O2/c1-2-6-24(10-16(18,19)20)15(27)11-7-14(26)25(9-11)13-5-3-4-12(8-13)17(21,22)23/h3-5,8,11H,2,6-7,9-10H2,1H3. The van der Waals surface area contributed by atoms with Crippen LogP contribution in [0, 0.1) is 5.92 Å². The topological polar surface area (TPSA) is 40.6 Å². The van der Waals surface area contributed by atoms with Crippen LogP contribution in [-0.2, 0) is 15.8 Å². The molecule has 0 radical (unpaired) electrons. The highest BCUT2D eigenvalue weighted by molar-refractivity contribution is 6.00. The van der Waals surface area contributed by atoms with Crippen LogP contribution < -0.4 is 4.90 Å². The number of carbonyl (C=O) groups is 2. The maximum Gasteiger partial charge on any atom is 0.416 e. The Morgan fingerprint density at radius 2 is 1.89 bits per heavy atom. The molecule has 10 heteroatoms. The molecular formula is C17H18F6N2O2. The number of benzene rings is 1. The molecule has 1 aliphatic heterocycles. The summed E-state index contributed by atoms with van der Waals surface area (Å²) in [5, 5.41) is 0. The van der Waals surface area contributed by atoms with Crippen molar-refractivity contribution < 1.29 is 35.9 Å². The van der Waals surface area contributed by atoms with Gasteiger partial charge in [0.2, 0.25) is 11.8 Å². The van der Waals surface area contributed by atoms with Crippen LogP contribution >= 0.6 is 0 Å². The van der Waals surface area contributed by atoms with Gasteiger partial charge < -0.3 is 9.80 Å². The molecule has 1 heterocycles. The molecule has 1 atom stereocenters. The summed E-state index contributed by atoms with van der Waals surface area (Å²) in [5.41, 5.74) is -0.991. The van der Waals surface area contributed by atoms with E-state index in [2.05, 4.69) is 0 Å². The predicted octanol–water partition coefficient (Wildman–Crippen LogP) is 3.86. The first kappa shape index (κ1) is 21.0. The number of alkyl halides is 6. The smallest absolute Gasteiger partial charge is 0.333 e. The zero-order valence-corrected chi connectivity index (χ0v) is 14.4. The predicted molar refractivity (Wildman–Crippen MR) is 84.8 cm³/mol. The van der Waals surface area contributed by atoms with Crippen LogP contribution in [0.3, 0.4) is 0 Å². The molecule has 0 bridgehead atoms. The highest BCUT2D eigenvalue weighted by atomic mass is 19.4. The fourth-order valence-electron chi connectivity index (χ4n) is 2.98. The van der Waals surface area contributed by atoms with E-state index in [1.165, 1.54) is 6.07 Å². The second kappa shape index (κ2) is 7.77. The molecule has 1 saturated heterocycles. The minimum atomic E-state index is -4.60. The van der Waals surface area contributed by atoms with E-state index in [0.717, 1.165) is 23.1 Å². The lowest BCUT2D eigenvalue weighted by atomic mass is 10.1. The molecule has 27 heavy (non-hydrogen) atoms. The number of rotatable bonds is 5. The second-order valence-electron chi connectivity index (χ2n) is 6.33. The van der Waals surface area contributed by atoms with E-state index in [4.69, 9.17) is 0 Å². The SMILES string of the molecule is CCCN(CC(F)(F)F)C(=O)C1CC(=O)N(c2cccc(C(F)(F)F)c2)C1. The normalized spacial score (nSPS) is 18.1. The summed E-state index contributed by atoms with van der Waals surface area (Å²) in [5.74, 6) is -2.45. The molecule has 0 saturated carbocycles. The first-order valence-corrected chi connectivity index (χ1v) is 8.25. The van der Waals surface area contributed by atoms with Gasteiger partial charge in [-0.25, -0.2) is 0 Å². The van der Waals surface area contributed by atoms with Crippen molar-refractivity contribution in [2.75, 3.05) is 24.5 Å². The van der Waals surface area contributed by atoms with Gasteiger partial charge in [-0.3, -0.25) is 9.59 Å². The molecule has 0 aliphatic carbocycles. The van der Waals surface area contributed by atoms with Crippen LogP contribution in [0.1, 0.15) is 25.3 Å². The molecule has 0 N–H and O–H groups in total. The van der Waals surface area contributed by atoms with E-state index in [1.54, 1.807) is 6.92 Å². The largest absolute Gasteiger partial charge is 0.416 e. The van der Waals surface area contributed by atoms with E-state index in [1.807, 2.05) is 0 Å². The van der Waals surface area contributed by atoms with Crippen molar-refractivity contribution in [1.29, 1.82) is 0 Å². The Hall–Kier alpha value is -2.26. The molecule has 150 valence electrons. The first-order valence-electron chi connectivity index (χ1n) is 8.25. The van der Waals surface area contributed by atoms with Crippen molar-refractivity contribution in [3.05, 3.63) is 29.8 Å². The van der Waals surface area contributed by atoms with E-state index in [-0.39, 0.29) is 25.2 Å². The fourth-order valence-corrected chi connectivity index (χ4v) is 2.98. The first-order chi connectivity index (χ1) is 12.4. The number of hydrogen-bond donors (Lipinski definition) is 0. The number of halogens is 6. The maximum absolute atomic E-state index is 12.8. The molecule has 2 rings (SSSR count). The third kappa shape index (κ3) is 5.36. The number of anilines is 1. The minimum Gasteiger partial charge on any atom is -0.333 e. The van der Waals surface area contributed by atoms with Crippen molar-refractivity contribution in [1.82, 2.24) is 4.90 Å². The van der Waals surface area contributed by atoms with Crippen molar-refractivity contribution in [2.45, 2.75) is 32.1 Å². The summed E-state index contributed by atoms with van der Waals surface area (Å²) < 4.78 is 76.5. The van der Waals surface area contributed by atoms with Gasteiger partial charge in [-0.2, -0.15) is 26.3 Å². The molecule has 0 spiro atoms. The van der Waals surface area contributed by atoms with Crippen LogP contribution in [0.4, 0.5) is 32.0 Å². The summed E-state index contributed by atoms with van der Waals surface area (Å²) in [6.07, 6.45) is -9.21. The fraction of sp³-hybridized carbons (Fsp3) is 0.529. The minimum absolute atomic E-state index is 0.0389. The van der Waals surface area contributed by atoms with Gasteiger partial charge in [-0.1, -0.05) is 13.0 Å². The summed E-state index contributed by atoms with van der Waals surface area (Å²) in [6, 6.07) is 4.05. The monoisotopic (exact) mass is 396 g/mol. The Kier molecular flexibility index (Phi) is 6.06. The Labute approximate surface area is 151 Å². The van der Waals surface area contributed by atoms with Crippen LogP contribution in [0.25, 0.3) is 0 Å². The Bertz CT molecular complexity index is 701. The lowest BCUT2D eigenvalue weighted by Crippen LogP contribution is -2.43. The van der Waals surface area contributed by atoms with Gasteiger partial charge in [-0.05, 0) is 24.6 Å². The average Bonchev–Trinajstić information content (AvgIpc) is 2.94. The number of amides is 2. The number of hydrogen-bond acceptors (Lipinski definition) is 2. The summed E-state index contributed by atoms with van der Waals surface area (Å²) in [7, 11) is 0. The van der Waals surface area contributed by atoms with Gasteiger partial charge in [0, 0.05) is 25.2 Å². The zero-order valence-electron chi connectivity index (χ0n) is 14.4. The van der Waals surface area contributed by atoms with E-state index >= 15 is 0 Å². The Morgan fingerprint density at radius 3 is 2.44 bits per heavy atom. The van der Waals surface area contributed by atoms with E-state index in [9.17, 15) is 35.9 Å². The second-order valence-corrected chi connectivity index (χ2v) is 6.33. The van der Waals surface area contributed by atoms with Crippen molar-refractivity contribution in [2.24, 2.45) is 5.92 Å². The van der Waals surface area contributed by atoms with Gasteiger partial charge in [0.25, 0.3) is 0 Å². The average molecular weight is 396 g/mol. The van der Waals surface area contributed by atoms with Gasteiger partial charge in [0.1, 0.15) is 6.54 Å². The highest BCUT2D eigenvalue weighted by Crippen LogP contribution is 2.34. The molecule has 0 aromatic heterocycles. The van der Waals surface area contributed by atoms with Crippen LogP contribution in [-0.4, -0.2) is 42.5 Å². The highest BCUT2D eigenvalue weighted by Gasteiger charge is 2.41. The third-order valence-corrected chi connectivity index (χ3v) is 4.13. The number of carbonyl (C=O) groups excluding carboxylic acids is 2. The summed E-state index contributed by atoms with van der Waals surface area (Å²) in [6.45, 7) is -0.178. The molecule has 1 fully saturated rings. The molecule has 1 aliphatic rings. The zero-order chi connectivity index (χ0) is 20.4. The van der Waals surface area contributed by atoms with Gasteiger partial charge in [-0.15, -0.1) is 0 Å². The molecule has 1 aromatic carbocycles. The van der Waals surface area contributed by atoms with Gasteiger partial charge in [0.05, 0.1) is 11.5 Å². The van der Waals surface area contributed by atoms with Gasteiger partial charge >= 0.3 is 12.4 Å². The molecule has 4 nitrogen and oxygen atoms in total. The number of nitrogens with zero attached hydrogens (tertiary/aromatic N) is 2. The maximum atomic E-state index is 12.8. The van der Waals surface area contributed by atoms with Crippen molar-refractivity contribution in [3.63, 3.8) is 0 Å².